The van der Waals surface area contributed by atoms with E-state index in [4.69, 9.17) is 0 Å². The summed E-state index contributed by atoms with van der Waals surface area (Å²) in [6.45, 7) is 16.6. The number of amides is 2. The lowest BCUT2D eigenvalue weighted by atomic mass is 9.91. The highest BCUT2D eigenvalue weighted by atomic mass is 19.1. The summed E-state index contributed by atoms with van der Waals surface area (Å²) in [7, 11) is 0. The fraction of sp³-hybridized carbons (Fsp3) is 0.481. The van der Waals surface area contributed by atoms with Crippen molar-refractivity contribution in [1.82, 2.24) is 10.2 Å². The molecule has 2 N–H and O–H groups in total. The largest absolute Gasteiger partial charge is 0.394 e. The minimum Gasteiger partial charge on any atom is -0.394 e. The first-order valence-corrected chi connectivity index (χ1v) is 11.7. The van der Waals surface area contributed by atoms with Crippen LogP contribution in [0.15, 0.2) is 55.2 Å². The van der Waals surface area contributed by atoms with Crippen molar-refractivity contribution in [3.8, 4) is 0 Å². The number of carbonyl (C=O) groups excluding carboxylic acids is 2. The van der Waals surface area contributed by atoms with Crippen LogP contribution in [0.25, 0.3) is 5.57 Å². The molecule has 1 fully saturated rings. The lowest BCUT2D eigenvalue weighted by Crippen LogP contribution is -2.48. The Balaban J connectivity index is 0.00000281. The van der Waals surface area contributed by atoms with Crippen molar-refractivity contribution in [3.05, 3.63) is 66.3 Å². The van der Waals surface area contributed by atoms with E-state index >= 15 is 0 Å². The maximum Gasteiger partial charge on any atom is 0.243 e. The molecular weight excluding hydrogens is 438 g/mol. The van der Waals surface area contributed by atoms with E-state index in [0.29, 0.717) is 24.9 Å². The quantitative estimate of drug-likeness (QED) is 0.477. The van der Waals surface area contributed by atoms with Gasteiger partial charge in [0, 0.05) is 13.0 Å². The monoisotopic (exact) mass is 476 g/mol. The van der Waals surface area contributed by atoms with Crippen LogP contribution in [0.4, 0.5) is 8.78 Å². The summed E-state index contributed by atoms with van der Waals surface area (Å²) < 4.78 is 27.6. The number of likely N-dealkylation sites (tertiary alicyclic amines) is 1. The Morgan fingerprint density at radius 2 is 1.82 bits per heavy atom. The van der Waals surface area contributed by atoms with E-state index in [0.717, 1.165) is 12.5 Å². The number of halogens is 2. The van der Waals surface area contributed by atoms with E-state index in [2.05, 4.69) is 18.5 Å². The van der Waals surface area contributed by atoms with Crippen molar-refractivity contribution in [2.45, 2.75) is 66.0 Å². The molecule has 1 aromatic carbocycles. The normalized spacial score (nSPS) is 17.2. The van der Waals surface area contributed by atoms with E-state index in [1.54, 1.807) is 17.0 Å². The molecule has 2 atom stereocenters. The van der Waals surface area contributed by atoms with Crippen LogP contribution in [-0.4, -0.2) is 41.0 Å². The van der Waals surface area contributed by atoms with Gasteiger partial charge in [-0.05, 0) is 35.5 Å². The number of aliphatic hydroxyl groups is 1. The van der Waals surface area contributed by atoms with Gasteiger partial charge >= 0.3 is 0 Å². The van der Waals surface area contributed by atoms with Gasteiger partial charge in [0.1, 0.15) is 17.7 Å². The third-order valence-corrected chi connectivity index (χ3v) is 5.35. The minimum atomic E-state index is -0.927. The van der Waals surface area contributed by atoms with E-state index in [1.165, 1.54) is 12.1 Å². The summed E-state index contributed by atoms with van der Waals surface area (Å²) in [5.41, 5.74) is 0.351. The molecule has 0 aliphatic carbocycles. The van der Waals surface area contributed by atoms with Crippen LogP contribution in [-0.2, 0) is 9.59 Å². The zero-order chi connectivity index (χ0) is 26.1. The average molecular weight is 477 g/mol. The van der Waals surface area contributed by atoms with Crippen molar-refractivity contribution in [2.75, 3.05) is 13.2 Å². The van der Waals surface area contributed by atoms with Gasteiger partial charge in [0.2, 0.25) is 11.8 Å². The molecule has 1 aliphatic rings. The van der Waals surface area contributed by atoms with Crippen LogP contribution in [0, 0.1) is 5.41 Å². The predicted octanol–water partition coefficient (Wildman–Crippen LogP) is 5.64. The second-order valence-corrected chi connectivity index (χ2v) is 9.18. The van der Waals surface area contributed by atoms with Crippen LogP contribution in [0.5, 0.6) is 0 Å². The summed E-state index contributed by atoms with van der Waals surface area (Å²) in [4.78, 5) is 27.2. The van der Waals surface area contributed by atoms with Crippen molar-refractivity contribution in [1.29, 1.82) is 0 Å². The van der Waals surface area contributed by atoms with Crippen LogP contribution >= 0.6 is 0 Å². The highest BCUT2D eigenvalue weighted by Gasteiger charge is 2.36. The van der Waals surface area contributed by atoms with Gasteiger partial charge in [-0.3, -0.25) is 9.59 Å². The van der Waals surface area contributed by atoms with Crippen molar-refractivity contribution in [2.24, 2.45) is 5.41 Å². The second-order valence-electron chi connectivity index (χ2n) is 9.18. The predicted molar refractivity (Wildman–Crippen MR) is 133 cm³/mol. The number of aliphatic hydroxyl groups excluding tert-OH is 1. The Labute approximate surface area is 202 Å². The number of allylic oxidation sites excluding steroid dienone is 4. The van der Waals surface area contributed by atoms with E-state index in [-0.39, 0.29) is 35.0 Å². The Morgan fingerprint density at radius 3 is 2.29 bits per heavy atom. The zero-order valence-electron chi connectivity index (χ0n) is 21.0. The molecule has 1 aromatic rings. The SMILES string of the molecule is C=C/C(F)=C(\C(=C)F)c1ccc(C(CO)NC(=O)C2CCCN2C(=O)CC(C)(C)C)cc1.CC. The molecule has 188 valence electrons. The smallest absolute Gasteiger partial charge is 0.243 e. The van der Waals surface area contributed by atoms with E-state index in [1.807, 2.05) is 34.6 Å². The first-order valence-electron chi connectivity index (χ1n) is 11.7. The number of rotatable bonds is 8. The van der Waals surface area contributed by atoms with Gasteiger partial charge in [-0.2, -0.15) is 0 Å². The Kier molecular flexibility index (Phi) is 11.3. The third kappa shape index (κ3) is 7.90. The van der Waals surface area contributed by atoms with Gasteiger partial charge in [0.15, 0.2) is 0 Å². The maximum atomic E-state index is 13.9. The molecular formula is C27H38F2N2O3. The summed E-state index contributed by atoms with van der Waals surface area (Å²) in [5, 5.41) is 12.6. The molecule has 0 aromatic heterocycles. The van der Waals surface area contributed by atoms with Gasteiger partial charge in [-0.25, -0.2) is 8.78 Å². The number of carbonyl (C=O) groups is 2. The standard InChI is InChI=1S/C25H32F2N2O3.C2H6/c1-6-19(27)23(16(2)26)18-11-9-17(10-12-18)20(15-30)28-24(32)21-8-7-13-29(21)22(31)14-25(3,4)5;1-2/h6,9-12,20-21,30H,1-2,7-8,13-15H2,3-5H3,(H,28,32);1-2H3/b23-19-;. The van der Waals surface area contributed by atoms with E-state index < -0.39 is 23.7 Å². The molecule has 2 unspecified atom stereocenters. The van der Waals surface area contributed by atoms with Gasteiger partial charge in [-0.1, -0.05) is 72.0 Å². The number of benzene rings is 1. The maximum absolute atomic E-state index is 13.9. The Bertz CT molecular complexity index is 901. The Morgan fingerprint density at radius 1 is 1.24 bits per heavy atom. The molecule has 0 bridgehead atoms. The molecule has 2 amide bonds. The van der Waals surface area contributed by atoms with Crippen LogP contribution in [0.1, 0.15) is 71.0 Å². The van der Waals surface area contributed by atoms with Crippen molar-refractivity contribution in [3.63, 3.8) is 0 Å². The molecule has 2 rings (SSSR count). The summed E-state index contributed by atoms with van der Waals surface area (Å²) in [5.74, 6) is -2.15. The second kappa shape index (κ2) is 13.2. The van der Waals surface area contributed by atoms with Gasteiger partial charge in [0.25, 0.3) is 0 Å². The van der Waals surface area contributed by atoms with Gasteiger partial charge in [0.05, 0.1) is 18.2 Å². The first-order chi connectivity index (χ1) is 16.0. The first kappa shape index (κ1) is 29.2. The lowest BCUT2D eigenvalue weighted by Gasteiger charge is -2.29. The van der Waals surface area contributed by atoms with Crippen LogP contribution < -0.4 is 5.32 Å². The molecule has 1 heterocycles. The van der Waals surface area contributed by atoms with Gasteiger partial charge < -0.3 is 15.3 Å². The summed E-state index contributed by atoms with van der Waals surface area (Å²) >= 11 is 0. The fourth-order valence-electron chi connectivity index (χ4n) is 3.80. The number of nitrogens with one attached hydrogen (secondary N) is 1. The minimum absolute atomic E-state index is 0.0601. The van der Waals surface area contributed by atoms with Gasteiger partial charge in [-0.15, -0.1) is 0 Å². The number of nitrogens with zero attached hydrogens (tertiary/aromatic N) is 1. The molecule has 5 nitrogen and oxygen atoms in total. The van der Waals surface area contributed by atoms with Crippen molar-refractivity contribution >= 4 is 17.4 Å². The average Bonchev–Trinajstić information content (AvgIpc) is 3.28. The molecule has 7 heteroatoms. The molecule has 0 radical (unpaired) electrons. The van der Waals surface area contributed by atoms with Crippen LogP contribution in [0.2, 0.25) is 0 Å². The molecule has 1 saturated heterocycles. The third-order valence-electron chi connectivity index (χ3n) is 5.35. The van der Waals surface area contributed by atoms with E-state index in [9.17, 15) is 23.5 Å². The summed E-state index contributed by atoms with van der Waals surface area (Å²) in [6, 6.07) is 4.83. The molecule has 34 heavy (non-hydrogen) atoms. The Hall–Kier alpha value is -2.80. The highest BCUT2D eigenvalue weighted by Crippen LogP contribution is 2.29. The summed E-state index contributed by atoms with van der Waals surface area (Å²) in [6.07, 6.45) is 2.55. The number of hydrogen-bond donors (Lipinski definition) is 2. The highest BCUT2D eigenvalue weighted by molar-refractivity contribution is 5.88. The molecule has 0 saturated carbocycles. The van der Waals surface area contributed by atoms with Crippen LogP contribution in [0.3, 0.4) is 0 Å². The number of hydrogen-bond acceptors (Lipinski definition) is 3. The fourth-order valence-corrected chi connectivity index (χ4v) is 3.80. The van der Waals surface area contributed by atoms with Crippen molar-refractivity contribution < 1.29 is 23.5 Å². The zero-order valence-corrected chi connectivity index (χ0v) is 21.0. The molecule has 0 spiro atoms. The lowest BCUT2D eigenvalue weighted by molar-refractivity contribution is -0.140. The molecule has 1 aliphatic heterocycles. The topological polar surface area (TPSA) is 69.6 Å².